The van der Waals surface area contributed by atoms with Crippen LogP contribution in [0.3, 0.4) is 0 Å². The van der Waals surface area contributed by atoms with Gasteiger partial charge in [-0.25, -0.2) is 0 Å². The van der Waals surface area contributed by atoms with Crippen molar-refractivity contribution in [2.45, 2.75) is 6.92 Å². The summed E-state index contributed by atoms with van der Waals surface area (Å²) in [6.45, 7) is 4.97. The van der Waals surface area contributed by atoms with Gasteiger partial charge in [-0.3, -0.25) is 4.79 Å². The summed E-state index contributed by atoms with van der Waals surface area (Å²) in [7, 11) is 9.87. The molecule has 0 fully saturated rings. The molecule has 0 radical (unpaired) electrons. The van der Waals surface area contributed by atoms with Crippen molar-refractivity contribution >= 4 is 23.3 Å². The van der Waals surface area contributed by atoms with Crippen molar-refractivity contribution in [2.75, 3.05) is 0 Å². The Balaban J connectivity index is 0. The minimum atomic E-state index is -0.826. The third-order valence-electron chi connectivity index (χ3n) is 0.201. The van der Waals surface area contributed by atoms with Crippen molar-refractivity contribution in [2.24, 2.45) is 0 Å². The maximum atomic E-state index is 9.41. The fourth-order valence-electron chi connectivity index (χ4n) is 0. The molecule has 0 spiro atoms. The van der Waals surface area contributed by atoms with E-state index in [0.717, 1.165) is 6.29 Å². The summed E-state index contributed by atoms with van der Waals surface area (Å²) in [6.07, 6.45) is 0.722. The van der Waals surface area contributed by atoms with E-state index in [2.05, 4.69) is 6.58 Å². The fourth-order valence-corrected chi connectivity index (χ4v) is 0. The number of carbonyl (C=O) groups excluding carboxylic acids is 1. The van der Waals surface area contributed by atoms with Crippen molar-refractivity contribution in [3.8, 4) is 0 Å². The molecule has 0 aromatic heterocycles. The molecular weight excluding hydrogens is 226 g/mol. The van der Waals surface area contributed by atoms with Gasteiger partial charge in [0.25, 0.3) is 0 Å². The van der Waals surface area contributed by atoms with E-state index in [-0.39, 0.29) is 0 Å². The number of aldehydes is 1. The molecule has 0 aliphatic heterocycles. The van der Waals surface area contributed by atoms with Crippen LogP contribution in [0, 0.1) is 0 Å². The van der Waals surface area contributed by atoms with Gasteiger partial charge in [0.05, 0.1) is 0 Å². The maximum absolute atomic E-state index is 9.41. The normalized spacial score (nSPS) is 5.88. The zero-order valence-electron chi connectivity index (χ0n) is 4.45. The molecular formula is C4H6Cl2OZr. The molecule has 46 valence electrons. The van der Waals surface area contributed by atoms with Crippen LogP contribution in [0.5, 0.6) is 0 Å². The van der Waals surface area contributed by atoms with Crippen molar-refractivity contribution < 1.29 is 25.6 Å². The molecule has 0 heterocycles. The Kier molecular flexibility index (Phi) is 15.7. The Morgan fingerprint density at radius 2 is 1.88 bits per heavy atom. The predicted molar refractivity (Wildman–Crippen MR) is 32.6 cm³/mol. The second kappa shape index (κ2) is 10.8. The summed E-state index contributed by atoms with van der Waals surface area (Å²) < 4.78 is 0. The van der Waals surface area contributed by atoms with E-state index in [4.69, 9.17) is 17.0 Å². The summed E-state index contributed by atoms with van der Waals surface area (Å²) in [4.78, 5) is 9.41. The van der Waals surface area contributed by atoms with E-state index in [1.54, 1.807) is 6.92 Å². The first kappa shape index (κ1) is 11.6. The van der Waals surface area contributed by atoms with Crippen LogP contribution in [0.25, 0.3) is 0 Å². The first-order valence-corrected chi connectivity index (χ1v) is 8.09. The molecule has 8 heavy (non-hydrogen) atoms. The molecule has 0 aromatic rings. The van der Waals surface area contributed by atoms with Crippen LogP contribution in [0.2, 0.25) is 0 Å². The van der Waals surface area contributed by atoms with Crippen LogP contribution in [-0.2, 0) is 25.6 Å². The van der Waals surface area contributed by atoms with Crippen LogP contribution in [0.1, 0.15) is 6.92 Å². The summed E-state index contributed by atoms with van der Waals surface area (Å²) in [5.41, 5.74) is 0.574. The second-order valence-corrected chi connectivity index (χ2v) is 4.77. The van der Waals surface area contributed by atoms with Crippen LogP contribution in [-0.4, -0.2) is 6.29 Å². The monoisotopic (exact) mass is 230 g/mol. The third kappa shape index (κ3) is 28.7. The molecule has 0 unspecified atom stereocenters. The Morgan fingerprint density at radius 1 is 1.75 bits per heavy atom. The predicted octanol–water partition coefficient (Wildman–Crippen LogP) is 2.14. The number of hydrogen-bond donors (Lipinski definition) is 0. The van der Waals surface area contributed by atoms with E-state index >= 15 is 0 Å². The molecule has 4 heteroatoms. The van der Waals surface area contributed by atoms with Crippen LogP contribution < -0.4 is 0 Å². The Labute approximate surface area is 67.7 Å². The number of carbonyl (C=O) groups is 1. The third-order valence-corrected chi connectivity index (χ3v) is 0.201. The fraction of sp³-hybridized carbons (Fsp3) is 0.250. The standard InChI is InChI=1S/C4H6O.2ClH.Zr/c1-4(2)3-5;;;/h3H,1H2,2H3;2*1H;/q;;;+2/p-2. The Morgan fingerprint density at radius 3 is 1.88 bits per heavy atom. The summed E-state index contributed by atoms with van der Waals surface area (Å²) in [6, 6.07) is 0. The second-order valence-electron chi connectivity index (χ2n) is 1.04. The van der Waals surface area contributed by atoms with Crippen LogP contribution in [0.4, 0.5) is 0 Å². The molecule has 0 atom stereocenters. The van der Waals surface area contributed by atoms with Gasteiger partial charge in [-0.2, -0.15) is 0 Å². The SMILES string of the molecule is C=C(C)C=O.[Cl][Zr][Cl]. The van der Waals surface area contributed by atoms with Gasteiger partial charge in [0.15, 0.2) is 0 Å². The quantitative estimate of drug-likeness (QED) is 0.500. The number of allylic oxidation sites excluding steroid dienone is 1. The molecule has 0 saturated heterocycles. The molecule has 1 nitrogen and oxygen atoms in total. The Bertz CT molecular complexity index is 74.4. The van der Waals surface area contributed by atoms with Crippen molar-refractivity contribution in [3.63, 3.8) is 0 Å². The van der Waals surface area contributed by atoms with Crippen LogP contribution in [0.15, 0.2) is 12.2 Å². The average Bonchev–Trinajstić information content (AvgIpc) is 1.69. The molecule has 0 aliphatic carbocycles. The van der Waals surface area contributed by atoms with Gasteiger partial charge in [-0.1, -0.05) is 6.58 Å². The molecule has 0 amide bonds. The summed E-state index contributed by atoms with van der Waals surface area (Å²) in [5.74, 6) is 0. The molecule has 0 N–H and O–H groups in total. The van der Waals surface area contributed by atoms with Gasteiger partial charge < -0.3 is 0 Å². The molecule has 0 aliphatic rings. The van der Waals surface area contributed by atoms with E-state index in [1.807, 2.05) is 0 Å². The van der Waals surface area contributed by atoms with Gasteiger partial charge in [0.2, 0.25) is 0 Å². The average molecular weight is 232 g/mol. The first-order valence-electron chi connectivity index (χ1n) is 1.76. The van der Waals surface area contributed by atoms with E-state index < -0.39 is 20.8 Å². The molecule has 0 aromatic carbocycles. The molecule has 0 rings (SSSR count). The van der Waals surface area contributed by atoms with Gasteiger partial charge >= 0.3 is 37.9 Å². The molecule has 0 saturated carbocycles. The molecule has 0 bridgehead atoms. The summed E-state index contributed by atoms with van der Waals surface area (Å²) in [5, 5.41) is 0. The van der Waals surface area contributed by atoms with E-state index in [9.17, 15) is 4.79 Å². The van der Waals surface area contributed by atoms with Crippen molar-refractivity contribution in [1.29, 1.82) is 0 Å². The zero-order chi connectivity index (χ0) is 6.99. The minimum absolute atomic E-state index is 0.574. The van der Waals surface area contributed by atoms with E-state index in [1.165, 1.54) is 0 Å². The number of rotatable bonds is 1. The van der Waals surface area contributed by atoms with Crippen molar-refractivity contribution in [1.82, 2.24) is 0 Å². The van der Waals surface area contributed by atoms with Crippen molar-refractivity contribution in [3.05, 3.63) is 12.2 Å². The number of halogens is 2. The van der Waals surface area contributed by atoms with Gasteiger partial charge in [0, 0.05) is 0 Å². The number of hydrogen-bond acceptors (Lipinski definition) is 1. The van der Waals surface area contributed by atoms with Gasteiger partial charge in [0.1, 0.15) is 6.29 Å². The van der Waals surface area contributed by atoms with Gasteiger partial charge in [-0.15, -0.1) is 0 Å². The van der Waals surface area contributed by atoms with Crippen LogP contribution >= 0.6 is 17.0 Å². The topological polar surface area (TPSA) is 17.1 Å². The van der Waals surface area contributed by atoms with E-state index in [0.29, 0.717) is 5.57 Å². The summed E-state index contributed by atoms with van der Waals surface area (Å²) >= 11 is -0.826. The van der Waals surface area contributed by atoms with Gasteiger partial charge in [-0.05, 0) is 12.5 Å². The Hall–Kier alpha value is 0.873. The first-order chi connectivity index (χ1) is 3.68. The zero-order valence-corrected chi connectivity index (χ0v) is 8.42.